The monoisotopic (exact) mass is 198 g/mol. The van der Waals surface area contributed by atoms with Crippen molar-refractivity contribution in [1.29, 1.82) is 0 Å². The number of likely N-dealkylation sites (tertiary alicyclic amines) is 1. The molecular weight excluding hydrogens is 176 g/mol. The van der Waals surface area contributed by atoms with Crippen LogP contribution in [0.3, 0.4) is 0 Å². The molecule has 1 amide bonds. The van der Waals surface area contributed by atoms with E-state index in [0.29, 0.717) is 17.9 Å². The largest absolute Gasteiger partial charge is 0.338 e. The van der Waals surface area contributed by atoms with Gasteiger partial charge in [-0.1, -0.05) is 20.8 Å². The number of hydrogen-bond acceptors (Lipinski definition) is 2. The van der Waals surface area contributed by atoms with Crippen LogP contribution < -0.4 is 5.73 Å². The maximum Gasteiger partial charge on any atom is 0.239 e. The maximum absolute atomic E-state index is 11.9. The van der Waals surface area contributed by atoms with Crippen molar-refractivity contribution < 1.29 is 4.79 Å². The van der Waals surface area contributed by atoms with Crippen LogP contribution in [0.2, 0.25) is 0 Å². The van der Waals surface area contributed by atoms with Crippen LogP contribution in [-0.4, -0.2) is 29.4 Å². The number of nitrogens with two attached hydrogens (primary N) is 1. The Hall–Kier alpha value is -0.570. The molecule has 0 aliphatic carbocycles. The highest BCUT2D eigenvalue weighted by Crippen LogP contribution is 2.29. The van der Waals surface area contributed by atoms with Gasteiger partial charge in [-0.25, -0.2) is 0 Å². The molecule has 1 fully saturated rings. The van der Waals surface area contributed by atoms with Crippen molar-refractivity contribution in [2.24, 2.45) is 17.6 Å². The molecule has 1 heterocycles. The second-order valence-corrected chi connectivity index (χ2v) is 4.58. The van der Waals surface area contributed by atoms with Gasteiger partial charge in [-0.3, -0.25) is 4.79 Å². The van der Waals surface area contributed by atoms with E-state index in [2.05, 4.69) is 20.8 Å². The number of amides is 1. The predicted molar refractivity (Wildman–Crippen MR) is 57.8 cm³/mol. The minimum absolute atomic E-state index is 0.121. The quantitative estimate of drug-likeness (QED) is 0.725. The third kappa shape index (κ3) is 1.92. The van der Waals surface area contributed by atoms with E-state index in [1.165, 1.54) is 0 Å². The summed E-state index contributed by atoms with van der Waals surface area (Å²) in [6.45, 7) is 9.35. The summed E-state index contributed by atoms with van der Waals surface area (Å²) in [7, 11) is 0. The standard InChI is InChI=1S/C11H22N2O/c1-5-10(12)11(14)13-6-7(2)8(3)9(13)4/h7-10H,5-6,12H2,1-4H3. The average Bonchev–Trinajstić information content (AvgIpc) is 2.43. The fraction of sp³-hybridized carbons (Fsp3) is 0.909. The molecular formula is C11H22N2O. The minimum Gasteiger partial charge on any atom is -0.338 e. The van der Waals surface area contributed by atoms with E-state index in [1.807, 2.05) is 11.8 Å². The summed E-state index contributed by atoms with van der Waals surface area (Å²) in [4.78, 5) is 13.8. The van der Waals surface area contributed by atoms with E-state index in [9.17, 15) is 4.79 Å². The van der Waals surface area contributed by atoms with E-state index in [4.69, 9.17) is 5.73 Å². The van der Waals surface area contributed by atoms with Gasteiger partial charge in [-0.05, 0) is 25.2 Å². The molecule has 0 aromatic rings. The Morgan fingerprint density at radius 2 is 2.07 bits per heavy atom. The Morgan fingerprint density at radius 1 is 1.50 bits per heavy atom. The van der Waals surface area contributed by atoms with Crippen LogP contribution in [-0.2, 0) is 4.79 Å². The fourth-order valence-corrected chi connectivity index (χ4v) is 2.08. The Morgan fingerprint density at radius 3 is 2.43 bits per heavy atom. The lowest BCUT2D eigenvalue weighted by atomic mass is 9.95. The fourth-order valence-electron chi connectivity index (χ4n) is 2.08. The average molecular weight is 198 g/mol. The van der Waals surface area contributed by atoms with Crippen LogP contribution in [0.5, 0.6) is 0 Å². The van der Waals surface area contributed by atoms with Gasteiger partial charge in [0.25, 0.3) is 0 Å². The lowest BCUT2D eigenvalue weighted by Crippen LogP contribution is -2.45. The van der Waals surface area contributed by atoms with Crippen molar-refractivity contribution in [2.75, 3.05) is 6.54 Å². The molecule has 0 aromatic carbocycles. The van der Waals surface area contributed by atoms with E-state index in [0.717, 1.165) is 13.0 Å². The van der Waals surface area contributed by atoms with Crippen LogP contribution in [0, 0.1) is 11.8 Å². The highest BCUT2D eigenvalue weighted by molar-refractivity contribution is 5.82. The van der Waals surface area contributed by atoms with Gasteiger partial charge in [0, 0.05) is 12.6 Å². The summed E-state index contributed by atoms with van der Waals surface area (Å²) in [5.41, 5.74) is 5.76. The van der Waals surface area contributed by atoms with E-state index >= 15 is 0 Å². The molecule has 0 saturated carbocycles. The zero-order valence-electron chi connectivity index (χ0n) is 9.66. The maximum atomic E-state index is 11.9. The molecule has 0 spiro atoms. The van der Waals surface area contributed by atoms with Crippen molar-refractivity contribution in [1.82, 2.24) is 4.90 Å². The van der Waals surface area contributed by atoms with E-state index < -0.39 is 0 Å². The van der Waals surface area contributed by atoms with Gasteiger partial charge in [0.1, 0.15) is 0 Å². The summed E-state index contributed by atoms with van der Waals surface area (Å²) < 4.78 is 0. The molecule has 2 N–H and O–H groups in total. The van der Waals surface area contributed by atoms with Crippen molar-refractivity contribution in [2.45, 2.75) is 46.2 Å². The van der Waals surface area contributed by atoms with Crippen LogP contribution in [0.15, 0.2) is 0 Å². The Bertz CT molecular complexity index is 217. The van der Waals surface area contributed by atoms with Gasteiger partial charge >= 0.3 is 0 Å². The molecule has 1 saturated heterocycles. The highest BCUT2D eigenvalue weighted by Gasteiger charge is 2.37. The molecule has 3 heteroatoms. The summed E-state index contributed by atoms with van der Waals surface area (Å²) in [5, 5.41) is 0. The van der Waals surface area contributed by atoms with Gasteiger partial charge in [0.15, 0.2) is 0 Å². The number of nitrogens with zero attached hydrogens (tertiary/aromatic N) is 1. The molecule has 14 heavy (non-hydrogen) atoms. The number of rotatable bonds is 2. The molecule has 0 bridgehead atoms. The number of carbonyl (C=O) groups excluding carboxylic acids is 1. The van der Waals surface area contributed by atoms with Gasteiger partial charge in [-0.15, -0.1) is 0 Å². The lowest BCUT2D eigenvalue weighted by molar-refractivity contribution is -0.133. The first-order valence-electron chi connectivity index (χ1n) is 5.55. The third-order valence-electron chi connectivity index (χ3n) is 3.67. The van der Waals surface area contributed by atoms with Crippen molar-refractivity contribution >= 4 is 5.91 Å². The van der Waals surface area contributed by atoms with Gasteiger partial charge in [0.05, 0.1) is 6.04 Å². The van der Waals surface area contributed by atoms with Crippen LogP contribution in [0.1, 0.15) is 34.1 Å². The predicted octanol–water partition coefficient (Wildman–Crippen LogP) is 1.23. The van der Waals surface area contributed by atoms with E-state index in [-0.39, 0.29) is 11.9 Å². The van der Waals surface area contributed by atoms with Crippen LogP contribution in [0.25, 0.3) is 0 Å². The summed E-state index contributed by atoms with van der Waals surface area (Å²) >= 11 is 0. The van der Waals surface area contributed by atoms with E-state index in [1.54, 1.807) is 0 Å². The normalized spacial score (nSPS) is 34.6. The second kappa shape index (κ2) is 4.30. The molecule has 0 radical (unpaired) electrons. The summed E-state index contributed by atoms with van der Waals surface area (Å²) in [6.07, 6.45) is 0.727. The van der Waals surface area contributed by atoms with Crippen molar-refractivity contribution in [3.05, 3.63) is 0 Å². The topological polar surface area (TPSA) is 46.3 Å². The first-order valence-corrected chi connectivity index (χ1v) is 5.55. The zero-order chi connectivity index (χ0) is 10.9. The summed E-state index contributed by atoms with van der Waals surface area (Å²) in [6, 6.07) is 0.0325. The third-order valence-corrected chi connectivity index (χ3v) is 3.67. The number of hydrogen-bond donors (Lipinski definition) is 1. The second-order valence-electron chi connectivity index (χ2n) is 4.58. The first kappa shape index (κ1) is 11.5. The highest BCUT2D eigenvalue weighted by atomic mass is 16.2. The lowest BCUT2D eigenvalue weighted by Gasteiger charge is -2.25. The molecule has 4 unspecified atom stereocenters. The molecule has 82 valence electrons. The van der Waals surface area contributed by atoms with Crippen LogP contribution in [0.4, 0.5) is 0 Å². The van der Waals surface area contributed by atoms with Gasteiger partial charge < -0.3 is 10.6 Å². The van der Waals surface area contributed by atoms with Crippen molar-refractivity contribution in [3.63, 3.8) is 0 Å². The van der Waals surface area contributed by atoms with Gasteiger partial charge in [0.2, 0.25) is 5.91 Å². The van der Waals surface area contributed by atoms with Crippen molar-refractivity contribution in [3.8, 4) is 0 Å². The molecule has 0 aromatic heterocycles. The Balaban J connectivity index is 2.66. The van der Waals surface area contributed by atoms with Gasteiger partial charge in [-0.2, -0.15) is 0 Å². The molecule has 1 rings (SSSR count). The molecule has 4 atom stereocenters. The molecule has 3 nitrogen and oxygen atoms in total. The van der Waals surface area contributed by atoms with Crippen LogP contribution >= 0.6 is 0 Å². The summed E-state index contributed by atoms with van der Waals surface area (Å²) in [5.74, 6) is 1.30. The SMILES string of the molecule is CCC(N)C(=O)N1CC(C)C(C)C1C. The Kier molecular flexibility index (Phi) is 3.53. The molecule has 1 aliphatic heterocycles. The first-order chi connectivity index (χ1) is 6.49. The number of carbonyl (C=O) groups is 1. The minimum atomic E-state index is -0.310. The zero-order valence-corrected chi connectivity index (χ0v) is 9.66. The smallest absolute Gasteiger partial charge is 0.239 e. The molecule has 1 aliphatic rings. The Labute approximate surface area is 86.6 Å².